The second-order valence-electron chi connectivity index (χ2n) is 4.95. The van der Waals surface area contributed by atoms with E-state index in [9.17, 15) is 9.59 Å². The Kier molecular flexibility index (Phi) is 3.69. The monoisotopic (exact) mass is 251 g/mol. The van der Waals surface area contributed by atoms with Gasteiger partial charge in [0.2, 0.25) is 0 Å². The summed E-state index contributed by atoms with van der Waals surface area (Å²) in [6.45, 7) is 2.17. The van der Waals surface area contributed by atoms with Gasteiger partial charge >= 0.3 is 5.97 Å². The third kappa shape index (κ3) is 2.91. The Morgan fingerprint density at radius 1 is 1.44 bits per heavy atom. The SMILES string of the molecule is CC1CCCC(NC(=O)c2cc(C(=O)O)co2)C1. The topological polar surface area (TPSA) is 79.5 Å². The minimum Gasteiger partial charge on any atom is -0.478 e. The Balaban J connectivity index is 1.96. The first-order valence-corrected chi connectivity index (χ1v) is 6.19. The van der Waals surface area contributed by atoms with E-state index < -0.39 is 5.97 Å². The van der Waals surface area contributed by atoms with Crippen LogP contribution in [0.2, 0.25) is 0 Å². The molecule has 1 heterocycles. The largest absolute Gasteiger partial charge is 0.478 e. The van der Waals surface area contributed by atoms with Crippen LogP contribution in [-0.2, 0) is 0 Å². The van der Waals surface area contributed by atoms with Gasteiger partial charge in [0, 0.05) is 12.1 Å². The van der Waals surface area contributed by atoms with Crippen molar-refractivity contribution in [3.63, 3.8) is 0 Å². The van der Waals surface area contributed by atoms with Gasteiger partial charge in [-0.3, -0.25) is 4.79 Å². The fraction of sp³-hybridized carbons (Fsp3) is 0.538. The van der Waals surface area contributed by atoms with Crippen LogP contribution in [0.4, 0.5) is 0 Å². The first-order chi connectivity index (χ1) is 8.56. The van der Waals surface area contributed by atoms with E-state index in [4.69, 9.17) is 9.52 Å². The lowest BCUT2D eigenvalue weighted by Gasteiger charge is -2.27. The molecule has 1 aromatic heterocycles. The van der Waals surface area contributed by atoms with Gasteiger partial charge in [-0.25, -0.2) is 4.79 Å². The molecule has 2 atom stereocenters. The molecule has 1 aliphatic rings. The van der Waals surface area contributed by atoms with Crippen molar-refractivity contribution < 1.29 is 19.1 Å². The Bertz CT molecular complexity index is 452. The smallest absolute Gasteiger partial charge is 0.338 e. The molecular weight excluding hydrogens is 234 g/mol. The summed E-state index contributed by atoms with van der Waals surface area (Å²) in [4.78, 5) is 22.5. The summed E-state index contributed by atoms with van der Waals surface area (Å²) < 4.78 is 4.96. The molecule has 1 saturated carbocycles. The van der Waals surface area contributed by atoms with E-state index >= 15 is 0 Å². The van der Waals surface area contributed by atoms with Crippen LogP contribution >= 0.6 is 0 Å². The molecule has 0 bridgehead atoms. The van der Waals surface area contributed by atoms with Crippen LogP contribution in [0, 0.1) is 5.92 Å². The summed E-state index contributed by atoms with van der Waals surface area (Å²) in [7, 11) is 0. The highest BCUT2D eigenvalue weighted by Gasteiger charge is 2.22. The molecule has 0 aromatic carbocycles. The van der Waals surface area contributed by atoms with Crippen molar-refractivity contribution in [2.24, 2.45) is 5.92 Å². The number of carboxylic acids is 1. The molecule has 18 heavy (non-hydrogen) atoms. The maximum absolute atomic E-state index is 11.9. The van der Waals surface area contributed by atoms with E-state index in [1.165, 1.54) is 12.5 Å². The first-order valence-electron chi connectivity index (χ1n) is 6.19. The second-order valence-corrected chi connectivity index (χ2v) is 4.95. The number of carbonyl (C=O) groups excluding carboxylic acids is 1. The number of hydrogen-bond donors (Lipinski definition) is 2. The molecule has 98 valence electrons. The fourth-order valence-electron chi connectivity index (χ4n) is 2.39. The molecule has 0 spiro atoms. The fourth-order valence-corrected chi connectivity index (χ4v) is 2.39. The third-order valence-corrected chi connectivity index (χ3v) is 3.34. The van der Waals surface area contributed by atoms with Crippen molar-refractivity contribution in [3.05, 3.63) is 23.7 Å². The molecule has 2 rings (SSSR count). The lowest BCUT2D eigenvalue weighted by molar-refractivity contribution is 0.0695. The Morgan fingerprint density at radius 3 is 2.83 bits per heavy atom. The van der Waals surface area contributed by atoms with Crippen molar-refractivity contribution in [2.45, 2.75) is 38.6 Å². The van der Waals surface area contributed by atoms with Crippen molar-refractivity contribution in [1.29, 1.82) is 0 Å². The first kappa shape index (κ1) is 12.7. The predicted molar refractivity (Wildman–Crippen MR) is 64.6 cm³/mol. The highest BCUT2D eigenvalue weighted by atomic mass is 16.4. The van der Waals surface area contributed by atoms with Gasteiger partial charge in [-0.05, 0) is 18.8 Å². The predicted octanol–water partition coefficient (Wildman–Crippen LogP) is 2.29. The number of carbonyl (C=O) groups is 2. The molecule has 5 heteroatoms. The van der Waals surface area contributed by atoms with Crippen LogP contribution in [0.25, 0.3) is 0 Å². The summed E-state index contributed by atoms with van der Waals surface area (Å²) in [5, 5.41) is 11.6. The zero-order valence-corrected chi connectivity index (χ0v) is 10.3. The average molecular weight is 251 g/mol. The minimum absolute atomic E-state index is 0.00263. The van der Waals surface area contributed by atoms with Crippen LogP contribution in [0.15, 0.2) is 16.7 Å². The number of hydrogen-bond acceptors (Lipinski definition) is 3. The summed E-state index contributed by atoms with van der Waals surface area (Å²) in [6.07, 6.45) is 5.35. The number of furan rings is 1. The van der Waals surface area contributed by atoms with Crippen LogP contribution in [0.1, 0.15) is 53.5 Å². The van der Waals surface area contributed by atoms with E-state index in [2.05, 4.69) is 12.2 Å². The van der Waals surface area contributed by atoms with Gasteiger partial charge in [-0.2, -0.15) is 0 Å². The summed E-state index contributed by atoms with van der Waals surface area (Å²) in [6, 6.07) is 1.42. The molecule has 1 amide bonds. The molecular formula is C13H17NO4. The Hall–Kier alpha value is -1.78. The zero-order chi connectivity index (χ0) is 13.1. The van der Waals surface area contributed by atoms with E-state index in [1.54, 1.807) is 0 Å². The molecule has 0 radical (unpaired) electrons. The highest BCUT2D eigenvalue weighted by molar-refractivity contribution is 5.95. The van der Waals surface area contributed by atoms with Gasteiger partial charge in [-0.1, -0.05) is 19.8 Å². The van der Waals surface area contributed by atoms with Crippen LogP contribution in [-0.4, -0.2) is 23.0 Å². The number of amides is 1. The van der Waals surface area contributed by atoms with Gasteiger partial charge in [0.15, 0.2) is 5.76 Å². The van der Waals surface area contributed by atoms with E-state index in [0.717, 1.165) is 25.5 Å². The molecule has 1 aliphatic carbocycles. The summed E-state index contributed by atoms with van der Waals surface area (Å²) in [5.74, 6) is -0.744. The maximum atomic E-state index is 11.9. The standard InChI is InChI=1S/C13H17NO4/c1-8-3-2-4-10(5-8)14-12(15)11-6-9(7-18-11)13(16)17/h6-8,10H,2-5H2,1H3,(H,14,15)(H,16,17). The second kappa shape index (κ2) is 5.25. The number of aromatic carboxylic acids is 1. The van der Waals surface area contributed by atoms with Gasteiger partial charge in [-0.15, -0.1) is 0 Å². The Labute approximate surface area is 105 Å². The quantitative estimate of drug-likeness (QED) is 0.863. The van der Waals surface area contributed by atoms with Crippen molar-refractivity contribution in [3.8, 4) is 0 Å². The summed E-state index contributed by atoms with van der Waals surface area (Å²) in [5.41, 5.74) is -0.00263. The molecule has 0 saturated heterocycles. The van der Waals surface area contributed by atoms with Crippen LogP contribution in [0.5, 0.6) is 0 Å². The maximum Gasteiger partial charge on any atom is 0.338 e. The van der Waals surface area contributed by atoms with Crippen LogP contribution < -0.4 is 5.32 Å². The van der Waals surface area contributed by atoms with E-state index in [-0.39, 0.29) is 23.3 Å². The average Bonchev–Trinajstić information content (AvgIpc) is 2.78. The molecule has 1 aromatic rings. The number of carboxylic acid groups (broad SMARTS) is 1. The van der Waals surface area contributed by atoms with Gasteiger partial charge in [0.05, 0.1) is 5.56 Å². The Morgan fingerprint density at radius 2 is 2.22 bits per heavy atom. The molecule has 1 fully saturated rings. The molecule has 2 unspecified atom stereocenters. The lowest BCUT2D eigenvalue weighted by Crippen LogP contribution is -2.37. The third-order valence-electron chi connectivity index (χ3n) is 3.34. The summed E-state index contributed by atoms with van der Waals surface area (Å²) >= 11 is 0. The van der Waals surface area contributed by atoms with Gasteiger partial charge in [0.25, 0.3) is 5.91 Å². The lowest BCUT2D eigenvalue weighted by atomic mass is 9.87. The van der Waals surface area contributed by atoms with Gasteiger partial charge < -0.3 is 14.8 Å². The highest BCUT2D eigenvalue weighted by Crippen LogP contribution is 2.23. The molecule has 2 N–H and O–H groups in total. The number of nitrogens with one attached hydrogen (secondary N) is 1. The van der Waals surface area contributed by atoms with Crippen molar-refractivity contribution in [2.75, 3.05) is 0 Å². The molecule has 0 aliphatic heterocycles. The number of rotatable bonds is 3. The van der Waals surface area contributed by atoms with Crippen molar-refractivity contribution in [1.82, 2.24) is 5.32 Å². The minimum atomic E-state index is -1.09. The van der Waals surface area contributed by atoms with E-state index in [0.29, 0.717) is 5.92 Å². The molecule has 5 nitrogen and oxygen atoms in total. The van der Waals surface area contributed by atoms with E-state index in [1.807, 2.05) is 0 Å². The zero-order valence-electron chi connectivity index (χ0n) is 10.3. The van der Waals surface area contributed by atoms with Crippen molar-refractivity contribution >= 4 is 11.9 Å². The normalized spacial score (nSPS) is 23.6. The van der Waals surface area contributed by atoms with Gasteiger partial charge in [0.1, 0.15) is 6.26 Å². The van der Waals surface area contributed by atoms with Crippen LogP contribution in [0.3, 0.4) is 0 Å².